The number of nitrogens with zero attached hydrogens (tertiary/aromatic N) is 2. The zero-order valence-corrected chi connectivity index (χ0v) is 12.7. The van der Waals surface area contributed by atoms with Crippen molar-refractivity contribution in [2.24, 2.45) is 0 Å². The fourth-order valence-corrected chi connectivity index (χ4v) is 2.62. The van der Waals surface area contributed by atoms with Crippen LogP contribution in [-0.2, 0) is 0 Å². The van der Waals surface area contributed by atoms with E-state index in [0.29, 0.717) is 5.52 Å². The number of carbonyl (C=O) groups is 1. The molecular weight excluding hydrogens is 336 g/mol. The molecule has 0 spiro atoms. The van der Waals surface area contributed by atoms with E-state index in [4.69, 9.17) is 9.84 Å². The van der Waals surface area contributed by atoms with E-state index in [1.165, 1.54) is 0 Å². The molecule has 1 N–H and O–H groups in total. The number of halogens is 1. The summed E-state index contributed by atoms with van der Waals surface area (Å²) in [5.74, 6) is -0.237. The van der Waals surface area contributed by atoms with Crippen LogP contribution in [0.2, 0.25) is 0 Å². The summed E-state index contributed by atoms with van der Waals surface area (Å²) in [6, 6.07) is 10.6. The molecule has 0 saturated heterocycles. The average Bonchev–Trinajstić information content (AvgIpc) is 2.89. The number of carboxylic acid groups (broad SMARTS) is 1. The minimum absolute atomic E-state index is 0.222. The Morgan fingerprint density at radius 3 is 2.81 bits per heavy atom. The molecule has 0 bridgehead atoms. The van der Waals surface area contributed by atoms with Crippen molar-refractivity contribution in [2.75, 3.05) is 7.11 Å². The van der Waals surface area contributed by atoms with Crippen molar-refractivity contribution < 1.29 is 14.6 Å². The molecule has 1 heterocycles. The average molecular weight is 347 g/mol. The van der Waals surface area contributed by atoms with E-state index in [9.17, 15) is 4.79 Å². The van der Waals surface area contributed by atoms with Gasteiger partial charge in [-0.15, -0.1) is 0 Å². The zero-order valence-electron chi connectivity index (χ0n) is 11.1. The SMILES string of the molecule is COc1cc(Br)cc(-n2cnc3cc(C(=O)O)ccc32)c1. The number of fused-ring (bicyclic) bond motifs is 1. The van der Waals surface area contributed by atoms with Crippen LogP contribution in [0, 0.1) is 0 Å². The fraction of sp³-hybridized carbons (Fsp3) is 0.0667. The van der Waals surface area contributed by atoms with Crippen LogP contribution in [0.25, 0.3) is 16.7 Å². The van der Waals surface area contributed by atoms with Crippen molar-refractivity contribution in [1.29, 1.82) is 0 Å². The van der Waals surface area contributed by atoms with Gasteiger partial charge >= 0.3 is 5.97 Å². The molecule has 106 valence electrons. The van der Waals surface area contributed by atoms with Gasteiger partial charge in [0.05, 0.1) is 29.4 Å². The molecule has 0 aliphatic carbocycles. The second kappa shape index (κ2) is 5.21. The number of carboxylic acids is 1. The van der Waals surface area contributed by atoms with Crippen LogP contribution >= 0.6 is 15.9 Å². The van der Waals surface area contributed by atoms with Gasteiger partial charge < -0.3 is 9.84 Å². The van der Waals surface area contributed by atoms with Crippen LogP contribution < -0.4 is 4.74 Å². The summed E-state index contributed by atoms with van der Waals surface area (Å²) in [5.41, 5.74) is 2.57. The highest BCUT2D eigenvalue weighted by molar-refractivity contribution is 9.10. The summed E-state index contributed by atoms with van der Waals surface area (Å²) in [7, 11) is 1.61. The molecule has 0 radical (unpaired) electrons. The molecule has 0 atom stereocenters. The van der Waals surface area contributed by atoms with Crippen LogP contribution in [0.1, 0.15) is 10.4 Å². The van der Waals surface area contributed by atoms with Gasteiger partial charge in [0.2, 0.25) is 0 Å². The van der Waals surface area contributed by atoms with Crippen molar-refractivity contribution in [3.05, 3.63) is 52.8 Å². The summed E-state index contributed by atoms with van der Waals surface area (Å²) >= 11 is 3.44. The summed E-state index contributed by atoms with van der Waals surface area (Å²) < 4.78 is 8.03. The number of rotatable bonds is 3. The van der Waals surface area contributed by atoms with E-state index >= 15 is 0 Å². The van der Waals surface area contributed by atoms with E-state index in [-0.39, 0.29) is 5.56 Å². The molecule has 5 nitrogen and oxygen atoms in total. The highest BCUT2D eigenvalue weighted by Crippen LogP contribution is 2.26. The first-order valence-electron chi connectivity index (χ1n) is 6.14. The zero-order chi connectivity index (χ0) is 15.0. The molecule has 3 aromatic rings. The Balaban J connectivity index is 2.17. The Morgan fingerprint density at radius 1 is 1.29 bits per heavy atom. The molecule has 0 aliphatic heterocycles. The van der Waals surface area contributed by atoms with Gasteiger partial charge in [0.1, 0.15) is 12.1 Å². The molecule has 3 rings (SSSR count). The predicted molar refractivity (Wildman–Crippen MR) is 82.3 cm³/mol. The van der Waals surface area contributed by atoms with Crippen LogP contribution in [0.3, 0.4) is 0 Å². The molecule has 21 heavy (non-hydrogen) atoms. The van der Waals surface area contributed by atoms with Gasteiger partial charge in [0.25, 0.3) is 0 Å². The maximum absolute atomic E-state index is 11.0. The van der Waals surface area contributed by atoms with Crippen molar-refractivity contribution in [2.45, 2.75) is 0 Å². The molecule has 0 unspecified atom stereocenters. The van der Waals surface area contributed by atoms with E-state index in [0.717, 1.165) is 21.4 Å². The quantitative estimate of drug-likeness (QED) is 0.788. The van der Waals surface area contributed by atoms with Gasteiger partial charge in [-0.25, -0.2) is 9.78 Å². The van der Waals surface area contributed by atoms with Crippen molar-refractivity contribution in [3.8, 4) is 11.4 Å². The van der Waals surface area contributed by atoms with Crippen LogP contribution in [0.15, 0.2) is 47.2 Å². The van der Waals surface area contributed by atoms with Gasteiger partial charge in [0, 0.05) is 10.5 Å². The monoisotopic (exact) mass is 346 g/mol. The molecular formula is C15H11BrN2O3. The first-order chi connectivity index (χ1) is 10.1. The van der Waals surface area contributed by atoms with Crippen molar-refractivity contribution >= 4 is 32.9 Å². The maximum atomic E-state index is 11.0. The lowest BCUT2D eigenvalue weighted by Gasteiger charge is -2.08. The van der Waals surface area contributed by atoms with Crippen molar-refractivity contribution in [3.63, 3.8) is 0 Å². The largest absolute Gasteiger partial charge is 0.497 e. The topological polar surface area (TPSA) is 64.4 Å². The summed E-state index contributed by atoms with van der Waals surface area (Å²) in [6.45, 7) is 0. The second-order valence-electron chi connectivity index (χ2n) is 4.47. The van der Waals surface area contributed by atoms with Gasteiger partial charge in [-0.2, -0.15) is 0 Å². The molecule has 0 amide bonds. The Morgan fingerprint density at radius 2 is 2.10 bits per heavy atom. The highest BCUT2D eigenvalue weighted by Gasteiger charge is 2.10. The third-order valence-electron chi connectivity index (χ3n) is 3.16. The smallest absolute Gasteiger partial charge is 0.335 e. The Bertz CT molecular complexity index is 842. The first-order valence-corrected chi connectivity index (χ1v) is 6.93. The molecule has 0 aliphatic rings. The van der Waals surface area contributed by atoms with E-state index in [2.05, 4.69) is 20.9 Å². The van der Waals surface area contributed by atoms with Crippen LogP contribution in [-0.4, -0.2) is 27.7 Å². The lowest BCUT2D eigenvalue weighted by molar-refractivity contribution is 0.0697. The summed E-state index contributed by atoms with van der Waals surface area (Å²) in [6.07, 6.45) is 1.66. The minimum atomic E-state index is -0.962. The third-order valence-corrected chi connectivity index (χ3v) is 3.62. The molecule has 1 aromatic heterocycles. The molecule has 0 saturated carbocycles. The maximum Gasteiger partial charge on any atom is 0.335 e. The number of imidazole rings is 1. The first kappa shape index (κ1) is 13.6. The molecule has 6 heteroatoms. The van der Waals surface area contributed by atoms with Gasteiger partial charge in [-0.1, -0.05) is 15.9 Å². The number of aromatic nitrogens is 2. The molecule has 0 fully saturated rings. The number of benzene rings is 2. The normalized spacial score (nSPS) is 10.8. The fourth-order valence-electron chi connectivity index (χ4n) is 2.16. The van der Waals surface area contributed by atoms with E-state index in [1.54, 1.807) is 31.6 Å². The predicted octanol–water partition coefficient (Wildman–Crippen LogP) is 3.49. The van der Waals surface area contributed by atoms with Crippen LogP contribution in [0.4, 0.5) is 0 Å². The number of hydrogen-bond acceptors (Lipinski definition) is 3. The number of aromatic carboxylic acids is 1. The van der Waals surface area contributed by atoms with Gasteiger partial charge in [-0.05, 0) is 30.3 Å². The van der Waals surface area contributed by atoms with Crippen molar-refractivity contribution in [1.82, 2.24) is 9.55 Å². The van der Waals surface area contributed by atoms with E-state index < -0.39 is 5.97 Å². The Hall–Kier alpha value is -2.34. The standard InChI is InChI=1S/C15H11BrN2O3/c1-21-12-6-10(16)5-11(7-12)18-8-17-13-4-9(15(19)20)2-3-14(13)18/h2-8H,1H3,(H,19,20). The van der Waals surface area contributed by atoms with Crippen LogP contribution in [0.5, 0.6) is 5.75 Å². The molecule has 2 aromatic carbocycles. The Kier molecular flexibility index (Phi) is 3.39. The Labute approximate surface area is 128 Å². The minimum Gasteiger partial charge on any atom is -0.497 e. The highest BCUT2D eigenvalue weighted by atomic mass is 79.9. The lowest BCUT2D eigenvalue weighted by Crippen LogP contribution is -1.97. The second-order valence-corrected chi connectivity index (χ2v) is 5.39. The number of hydrogen-bond donors (Lipinski definition) is 1. The third kappa shape index (κ3) is 2.50. The lowest BCUT2D eigenvalue weighted by atomic mass is 10.2. The van der Waals surface area contributed by atoms with Gasteiger partial charge in [0.15, 0.2) is 0 Å². The number of methoxy groups -OCH3 is 1. The van der Waals surface area contributed by atoms with E-state index in [1.807, 2.05) is 22.8 Å². The summed E-state index contributed by atoms with van der Waals surface area (Å²) in [5, 5.41) is 9.02. The van der Waals surface area contributed by atoms with Gasteiger partial charge in [-0.3, -0.25) is 4.57 Å². The number of ether oxygens (including phenoxy) is 1. The summed E-state index contributed by atoms with van der Waals surface area (Å²) in [4.78, 5) is 15.3.